The van der Waals surface area contributed by atoms with Gasteiger partial charge in [0.2, 0.25) is 11.8 Å². The van der Waals surface area contributed by atoms with Crippen molar-refractivity contribution in [2.45, 2.75) is 6.54 Å². The van der Waals surface area contributed by atoms with Crippen LogP contribution in [0.1, 0.15) is 15.9 Å². The summed E-state index contributed by atoms with van der Waals surface area (Å²) in [6.45, 7) is 0.607. The lowest BCUT2D eigenvalue weighted by molar-refractivity contribution is 0.0997. The summed E-state index contributed by atoms with van der Waals surface area (Å²) in [6.07, 6.45) is 1.55. The maximum atomic E-state index is 11.6. The Morgan fingerprint density at radius 2 is 1.73 bits per heavy atom. The van der Waals surface area contributed by atoms with E-state index in [1.165, 1.54) is 0 Å². The first-order valence-electron chi connectivity index (χ1n) is 8.14. The molecule has 1 amide bonds. The number of aromatic nitrogens is 3. The number of para-hydroxylation sites is 1. The summed E-state index contributed by atoms with van der Waals surface area (Å²) < 4.78 is 7.73. The van der Waals surface area contributed by atoms with Crippen LogP contribution in [-0.4, -0.2) is 20.7 Å². The fourth-order valence-corrected chi connectivity index (χ4v) is 2.80. The number of primary amides is 1. The Labute approximate surface area is 149 Å². The summed E-state index contributed by atoms with van der Waals surface area (Å²) in [6, 6.07) is 21.0. The number of carbonyl (C=O) groups is 1. The first kappa shape index (κ1) is 15.8. The van der Waals surface area contributed by atoms with Gasteiger partial charge < -0.3 is 10.5 Å². The van der Waals surface area contributed by atoms with Crippen LogP contribution in [0.25, 0.3) is 10.9 Å². The number of ether oxygens (including phenoxy) is 1. The molecule has 2 heterocycles. The number of pyridine rings is 1. The molecular formula is C20H16N4O2. The summed E-state index contributed by atoms with van der Waals surface area (Å²) >= 11 is 0. The van der Waals surface area contributed by atoms with Gasteiger partial charge in [-0.3, -0.25) is 9.48 Å². The van der Waals surface area contributed by atoms with Crippen LogP contribution in [0.2, 0.25) is 0 Å². The molecule has 0 unspecified atom stereocenters. The Bertz CT molecular complexity index is 1070. The van der Waals surface area contributed by atoms with Crippen LogP contribution >= 0.6 is 0 Å². The maximum absolute atomic E-state index is 11.6. The van der Waals surface area contributed by atoms with Gasteiger partial charge in [0, 0.05) is 6.20 Å². The van der Waals surface area contributed by atoms with Gasteiger partial charge in [-0.15, -0.1) is 5.10 Å². The number of carbonyl (C=O) groups excluding carboxylic acids is 1. The summed E-state index contributed by atoms with van der Waals surface area (Å²) in [5, 5.41) is 5.42. The highest BCUT2D eigenvalue weighted by molar-refractivity contribution is 5.95. The fourth-order valence-electron chi connectivity index (χ4n) is 2.80. The molecule has 2 N–H and O–H groups in total. The smallest absolute Gasteiger partial charge is 0.254 e. The first-order chi connectivity index (χ1) is 12.7. The Kier molecular flexibility index (Phi) is 4.07. The molecule has 0 saturated heterocycles. The van der Waals surface area contributed by atoms with Gasteiger partial charge in [-0.25, -0.2) is 4.98 Å². The highest BCUT2D eigenvalue weighted by Crippen LogP contribution is 2.30. The third-order valence-corrected chi connectivity index (χ3v) is 4.03. The number of hydrogen-bond donors (Lipinski definition) is 1. The van der Waals surface area contributed by atoms with E-state index in [4.69, 9.17) is 10.5 Å². The molecule has 128 valence electrons. The van der Waals surface area contributed by atoms with Crippen molar-refractivity contribution in [2.24, 2.45) is 5.73 Å². The predicted octanol–water partition coefficient (Wildman–Crippen LogP) is 3.37. The van der Waals surface area contributed by atoms with Crippen molar-refractivity contribution < 1.29 is 9.53 Å². The van der Waals surface area contributed by atoms with Gasteiger partial charge >= 0.3 is 0 Å². The fraction of sp³-hybridized carbons (Fsp3) is 0.0500. The zero-order valence-corrected chi connectivity index (χ0v) is 13.9. The molecule has 6 heteroatoms. The van der Waals surface area contributed by atoms with Crippen LogP contribution < -0.4 is 10.5 Å². The minimum absolute atomic E-state index is 0.148. The minimum Gasteiger partial charge on any atom is -0.418 e. The number of fused-ring (bicyclic) bond motifs is 1. The molecule has 4 aromatic rings. The molecule has 0 aliphatic carbocycles. The van der Waals surface area contributed by atoms with Gasteiger partial charge in [0.15, 0.2) is 0 Å². The number of hydrogen-bond acceptors (Lipinski definition) is 4. The molecule has 0 bridgehead atoms. The quantitative estimate of drug-likeness (QED) is 0.602. The van der Waals surface area contributed by atoms with Crippen molar-refractivity contribution in [1.29, 1.82) is 0 Å². The van der Waals surface area contributed by atoms with Crippen molar-refractivity contribution >= 4 is 16.8 Å². The van der Waals surface area contributed by atoms with Crippen molar-refractivity contribution in [1.82, 2.24) is 14.8 Å². The van der Waals surface area contributed by atoms with Gasteiger partial charge in [-0.05, 0) is 29.8 Å². The van der Waals surface area contributed by atoms with Crippen molar-refractivity contribution in [3.8, 4) is 11.8 Å². The van der Waals surface area contributed by atoms with E-state index in [0.29, 0.717) is 12.4 Å². The molecule has 6 nitrogen and oxygen atoms in total. The lowest BCUT2D eigenvalue weighted by Gasteiger charge is -2.05. The van der Waals surface area contributed by atoms with Crippen molar-refractivity contribution in [3.05, 3.63) is 84.1 Å². The zero-order valence-electron chi connectivity index (χ0n) is 13.9. The van der Waals surface area contributed by atoms with Gasteiger partial charge in [0.05, 0.1) is 17.4 Å². The molecule has 0 aliphatic heterocycles. The Morgan fingerprint density at radius 1 is 0.962 bits per heavy atom. The van der Waals surface area contributed by atoms with Gasteiger partial charge in [-0.1, -0.05) is 42.5 Å². The predicted molar refractivity (Wildman–Crippen MR) is 98.1 cm³/mol. The number of rotatable bonds is 5. The SMILES string of the molecule is NC(=O)c1cccnc1Oc1nn(Cc2ccccc2)c2ccccc12. The summed E-state index contributed by atoms with van der Waals surface area (Å²) in [5.74, 6) is -0.0611. The van der Waals surface area contributed by atoms with Crippen molar-refractivity contribution in [2.75, 3.05) is 0 Å². The molecule has 2 aromatic carbocycles. The number of nitrogens with two attached hydrogens (primary N) is 1. The summed E-state index contributed by atoms with van der Waals surface area (Å²) in [7, 11) is 0. The second kappa shape index (κ2) is 6.68. The third-order valence-electron chi connectivity index (χ3n) is 4.03. The monoisotopic (exact) mass is 344 g/mol. The van der Waals surface area contributed by atoms with E-state index >= 15 is 0 Å². The lowest BCUT2D eigenvalue weighted by atomic mass is 10.2. The standard InChI is InChI=1S/C20H16N4O2/c21-18(25)16-10-6-12-22-19(16)26-20-15-9-4-5-11-17(15)24(23-20)13-14-7-2-1-3-8-14/h1-12H,13H2,(H2,21,25). The molecule has 26 heavy (non-hydrogen) atoms. The number of nitrogens with zero attached hydrogens (tertiary/aromatic N) is 3. The van der Waals surface area contributed by atoms with Crippen molar-refractivity contribution in [3.63, 3.8) is 0 Å². The average Bonchev–Trinajstić information content (AvgIpc) is 3.00. The second-order valence-corrected chi connectivity index (χ2v) is 5.79. The average molecular weight is 344 g/mol. The van der Waals surface area contributed by atoms with E-state index in [-0.39, 0.29) is 11.4 Å². The highest BCUT2D eigenvalue weighted by atomic mass is 16.5. The molecule has 0 saturated carbocycles. The normalized spacial score (nSPS) is 10.8. The number of benzene rings is 2. The van der Waals surface area contributed by atoms with Gasteiger partial charge in [0.1, 0.15) is 5.56 Å². The molecular weight excluding hydrogens is 328 g/mol. The first-order valence-corrected chi connectivity index (χ1v) is 8.14. The molecule has 0 aliphatic rings. The molecule has 4 rings (SSSR count). The van der Waals surface area contributed by atoms with E-state index in [9.17, 15) is 4.79 Å². The topological polar surface area (TPSA) is 83.0 Å². The lowest BCUT2D eigenvalue weighted by Crippen LogP contribution is -2.12. The van der Waals surface area contributed by atoms with E-state index < -0.39 is 5.91 Å². The van der Waals surface area contributed by atoms with Crippen LogP contribution in [0.5, 0.6) is 11.8 Å². The molecule has 0 radical (unpaired) electrons. The Hall–Kier alpha value is -3.67. The summed E-state index contributed by atoms with van der Waals surface area (Å²) in [4.78, 5) is 15.7. The molecule has 0 fully saturated rings. The van der Waals surface area contributed by atoms with Crippen LogP contribution in [0, 0.1) is 0 Å². The molecule has 0 atom stereocenters. The molecule has 0 spiro atoms. The second-order valence-electron chi connectivity index (χ2n) is 5.79. The van der Waals surface area contributed by atoms with E-state index in [1.54, 1.807) is 18.3 Å². The van der Waals surface area contributed by atoms with Gasteiger partial charge in [-0.2, -0.15) is 0 Å². The maximum Gasteiger partial charge on any atom is 0.254 e. The van der Waals surface area contributed by atoms with Crippen LogP contribution in [0.3, 0.4) is 0 Å². The van der Waals surface area contributed by atoms with Crippen LogP contribution in [0.15, 0.2) is 72.9 Å². The van der Waals surface area contributed by atoms with Crippen LogP contribution in [-0.2, 0) is 6.54 Å². The zero-order chi connectivity index (χ0) is 17.9. The summed E-state index contributed by atoms with van der Waals surface area (Å²) in [5.41, 5.74) is 7.68. The van der Waals surface area contributed by atoms with E-state index in [2.05, 4.69) is 10.1 Å². The third kappa shape index (κ3) is 3.00. The van der Waals surface area contributed by atoms with Gasteiger partial charge in [0.25, 0.3) is 5.91 Å². The van der Waals surface area contributed by atoms with E-state index in [1.807, 2.05) is 59.3 Å². The largest absolute Gasteiger partial charge is 0.418 e. The number of amides is 1. The van der Waals surface area contributed by atoms with Crippen LogP contribution in [0.4, 0.5) is 0 Å². The Balaban J connectivity index is 1.76. The Morgan fingerprint density at radius 3 is 2.54 bits per heavy atom. The minimum atomic E-state index is -0.596. The highest BCUT2D eigenvalue weighted by Gasteiger charge is 2.16. The van der Waals surface area contributed by atoms with E-state index in [0.717, 1.165) is 16.5 Å². The molecule has 2 aromatic heterocycles.